The normalized spacial score (nSPS) is 35.5. The lowest BCUT2D eigenvalue weighted by Gasteiger charge is -2.47. The fourth-order valence-corrected chi connectivity index (χ4v) is 3.23. The minimum Gasteiger partial charge on any atom is -0.308 e. The highest BCUT2D eigenvalue weighted by atomic mass is 19.1. The van der Waals surface area contributed by atoms with Crippen molar-refractivity contribution in [2.45, 2.75) is 51.6 Å². The van der Waals surface area contributed by atoms with Gasteiger partial charge >= 0.3 is 0 Å². The van der Waals surface area contributed by atoms with E-state index in [2.05, 4.69) is 31.0 Å². The standard InChI is InChI=1S/C14H27FN2/c1-11(2)8-13-9-16-14(3,12-4-5-12)10-17(13)7-6-15/h11-13,16H,4-10H2,1-3H3. The molecule has 0 aromatic rings. The van der Waals surface area contributed by atoms with E-state index >= 15 is 0 Å². The molecule has 1 N–H and O–H groups in total. The molecule has 1 aliphatic heterocycles. The van der Waals surface area contributed by atoms with Crippen molar-refractivity contribution in [2.24, 2.45) is 11.8 Å². The van der Waals surface area contributed by atoms with Crippen molar-refractivity contribution in [1.29, 1.82) is 0 Å². The molecule has 0 radical (unpaired) electrons. The van der Waals surface area contributed by atoms with E-state index in [4.69, 9.17) is 0 Å². The zero-order valence-electron chi connectivity index (χ0n) is 11.5. The van der Waals surface area contributed by atoms with Gasteiger partial charge in [0.2, 0.25) is 0 Å². The maximum absolute atomic E-state index is 12.7. The molecule has 2 nitrogen and oxygen atoms in total. The Morgan fingerprint density at radius 2 is 2.12 bits per heavy atom. The summed E-state index contributed by atoms with van der Waals surface area (Å²) in [5.41, 5.74) is 0.239. The van der Waals surface area contributed by atoms with Crippen LogP contribution in [0.3, 0.4) is 0 Å². The maximum atomic E-state index is 12.7. The summed E-state index contributed by atoms with van der Waals surface area (Å²) in [5.74, 6) is 1.51. The summed E-state index contributed by atoms with van der Waals surface area (Å²) < 4.78 is 12.7. The maximum Gasteiger partial charge on any atom is 0.102 e. The lowest BCUT2D eigenvalue weighted by atomic mass is 9.89. The average Bonchev–Trinajstić information content (AvgIpc) is 3.06. The third kappa shape index (κ3) is 3.19. The molecule has 2 atom stereocenters. The van der Waals surface area contributed by atoms with Crippen LogP contribution in [0.4, 0.5) is 4.39 Å². The summed E-state index contributed by atoms with van der Waals surface area (Å²) >= 11 is 0. The molecule has 0 aromatic carbocycles. The molecule has 2 rings (SSSR count). The van der Waals surface area contributed by atoms with Gasteiger partial charge in [0.15, 0.2) is 0 Å². The van der Waals surface area contributed by atoms with Gasteiger partial charge in [0.25, 0.3) is 0 Å². The topological polar surface area (TPSA) is 15.3 Å². The highest BCUT2D eigenvalue weighted by Crippen LogP contribution is 2.41. The first-order chi connectivity index (χ1) is 8.05. The van der Waals surface area contributed by atoms with E-state index < -0.39 is 0 Å². The van der Waals surface area contributed by atoms with E-state index in [-0.39, 0.29) is 12.2 Å². The number of hydrogen-bond donors (Lipinski definition) is 1. The molecule has 0 aromatic heterocycles. The van der Waals surface area contributed by atoms with Crippen molar-refractivity contribution in [3.8, 4) is 0 Å². The van der Waals surface area contributed by atoms with Gasteiger partial charge in [0.05, 0.1) is 0 Å². The van der Waals surface area contributed by atoms with Gasteiger partial charge < -0.3 is 5.32 Å². The van der Waals surface area contributed by atoms with Crippen LogP contribution in [0.5, 0.6) is 0 Å². The number of halogens is 1. The number of rotatable bonds is 5. The van der Waals surface area contributed by atoms with Gasteiger partial charge in [-0.2, -0.15) is 0 Å². The van der Waals surface area contributed by atoms with Crippen molar-refractivity contribution in [1.82, 2.24) is 10.2 Å². The van der Waals surface area contributed by atoms with Gasteiger partial charge in [-0.05, 0) is 38.0 Å². The second-order valence-electron chi connectivity index (χ2n) is 6.52. The predicted molar refractivity (Wildman–Crippen MR) is 69.9 cm³/mol. The quantitative estimate of drug-likeness (QED) is 0.796. The highest BCUT2D eigenvalue weighted by molar-refractivity contribution is 5.04. The molecule has 1 saturated heterocycles. The van der Waals surface area contributed by atoms with Crippen LogP contribution in [0, 0.1) is 11.8 Å². The van der Waals surface area contributed by atoms with Crippen LogP contribution < -0.4 is 5.32 Å². The van der Waals surface area contributed by atoms with E-state index in [1.54, 1.807) is 0 Å². The second kappa shape index (κ2) is 5.23. The summed E-state index contributed by atoms with van der Waals surface area (Å²) in [4.78, 5) is 2.38. The fourth-order valence-electron chi connectivity index (χ4n) is 3.23. The lowest BCUT2D eigenvalue weighted by molar-refractivity contribution is 0.0596. The number of alkyl halides is 1. The molecule has 100 valence electrons. The second-order valence-corrected chi connectivity index (χ2v) is 6.52. The van der Waals surface area contributed by atoms with E-state index in [1.165, 1.54) is 19.3 Å². The molecule has 1 saturated carbocycles. The van der Waals surface area contributed by atoms with E-state index in [0.29, 0.717) is 18.5 Å². The Labute approximate surface area is 105 Å². The number of nitrogens with one attached hydrogen (secondary N) is 1. The number of piperazine rings is 1. The summed E-state index contributed by atoms with van der Waals surface area (Å²) in [6, 6.07) is 0.526. The van der Waals surface area contributed by atoms with Crippen LogP contribution in [-0.4, -0.2) is 42.8 Å². The Morgan fingerprint density at radius 3 is 2.65 bits per heavy atom. The Kier molecular flexibility index (Phi) is 4.09. The molecule has 2 fully saturated rings. The molecule has 0 bridgehead atoms. The third-order valence-corrected chi connectivity index (χ3v) is 4.38. The van der Waals surface area contributed by atoms with Crippen molar-refractivity contribution in [3.63, 3.8) is 0 Å². The van der Waals surface area contributed by atoms with Crippen LogP contribution in [0.25, 0.3) is 0 Å². The molecular formula is C14H27FN2. The van der Waals surface area contributed by atoms with Gasteiger partial charge in [-0.3, -0.25) is 4.90 Å². The summed E-state index contributed by atoms with van der Waals surface area (Å²) in [6.07, 6.45) is 3.87. The summed E-state index contributed by atoms with van der Waals surface area (Å²) in [7, 11) is 0. The van der Waals surface area contributed by atoms with Gasteiger partial charge in [0, 0.05) is 31.2 Å². The SMILES string of the molecule is CC(C)CC1CNC(C)(C2CC2)CN1CCF. The van der Waals surface area contributed by atoms with Crippen LogP contribution in [0.2, 0.25) is 0 Å². The Balaban J connectivity index is 1.96. The van der Waals surface area contributed by atoms with E-state index in [0.717, 1.165) is 19.0 Å². The van der Waals surface area contributed by atoms with Crippen molar-refractivity contribution in [3.05, 3.63) is 0 Å². The molecule has 3 heteroatoms. The summed E-state index contributed by atoms with van der Waals surface area (Å²) in [5, 5.41) is 3.74. The van der Waals surface area contributed by atoms with Gasteiger partial charge in [0.1, 0.15) is 6.67 Å². The van der Waals surface area contributed by atoms with E-state index in [9.17, 15) is 4.39 Å². The molecular weight excluding hydrogens is 215 g/mol. The first-order valence-corrected chi connectivity index (χ1v) is 7.10. The molecule has 1 aliphatic carbocycles. The van der Waals surface area contributed by atoms with Gasteiger partial charge in [-0.15, -0.1) is 0 Å². The van der Waals surface area contributed by atoms with Gasteiger partial charge in [-0.1, -0.05) is 13.8 Å². The molecule has 1 heterocycles. The Hall–Kier alpha value is -0.150. The smallest absolute Gasteiger partial charge is 0.102 e. The minimum absolute atomic E-state index is 0.213. The van der Waals surface area contributed by atoms with Crippen LogP contribution >= 0.6 is 0 Å². The van der Waals surface area contributed by atoms with Crippen molar-refractivity contribution in [2.75, 3.05) is 26.3 Å². The van der Waals surface area contributed by atoms with Crippen molar-refractivity contribution >= 4 is 0 Å². The zero-order chi connectivity index (χ0) is 12.5. The van der Waals surface area contributed by atoms with Crippen LogP contribution in [0.15, 0.2) is 0 Å². The number of nitrogens with zero attached hydrogens (tertiary/aromatic N) is 1. The predicted octanol–water partition coefficient (Wildman–Crippen LogP) is 2.44. The first-order valence-electron chi connectivity index (χ1n) is 7.10. The fraction of sp³-hybridized carbons (Fsp3) is 1.00. The Morgan fingerprint density at radius 1 is 1.41 bits per heavy atom. The first kappa shape index (κ1) is 13.3. The van der Waals surface area contributed by atoms with Crippen molar-refractivity contribution < 1.29 is 4.39 Å². The molecule has 17 heavy (non-hydrogen) atoms. The van der Waals surface area contributed by atoms with E-state index in [1.807, 2.05) is 0 Å². The lowest BCUT2D eigenvalue weighted by Crippen LogP contribution is -2.64. The molecule has 0 spiro atoms. The minimum atomic E-state index is -0.213. The average molecular weight is 242 g/mol. The monoisotopic (exact) mass is 242 g/mol. The largest absolute Gasteiger partial charge is 0.308 e. The van der Waals surface area contributed by atoms with Crippen LogP contribution in [0.1, 0.15) is 40.0 Å². The zero-order valence-corrected chi connectivity index (χ0v) is 11.5. The molecule has 0 amide bonds. The molecule has 2 unspecified atom stereocenters. The highest BCUT2D eigenvalue weighted by Gasteiger charge is 2.45. The van der Waals surface area contributed by atoms with Gasteiger partial charge in [-0.25, -0.2) is 4.39 Å². The van der Waals surface area contributed by atoms with Crippen LogP contribution in [-0.2, 0) is 0 Å². The summed E-state index contributed by atoms with van der Waals surface area (Å²) in [6.45, 7) is 9.28. The molecule has 2 aliphatic rings. The Bertz CT molecular complexity index is 253. The number of hydrogen-bond acceptors (Lipinski definition) is 2. The third-order valence-electron chi connectivity index (χ3n) is 4.38.